The number of nitrogens with zero attached hydrogens (tertiary/aromatic N) is 1. The first-order valence-corrected chi connectivity index (χ1v) is 9.47. The van der Waals surface area contributed by atoms with Gasteiger partial charge < -0.3 is 24.6 Å². The van der Waals surface area contributed by atoms with Crippen LogP contribution in [0.3, 0.4) is 0 Å². The summed E-state index contributed by atoms with van der Waals surface area (Å²) in [5, 5.41) is 10.1. The van der Waals surface area contributed by atoms with Crippen LogP contribution in [-0.4, -0.2) is 31.3 Å². The molecular weight excluding hydrogens is 370 g/mol. The summed E-state index contributed by atoms with van der Waals surface area (Å²) in [5.41, 5.74) is 2.86. The second-order valence-corrected chi connectivity index (χ2v) is 6.38. The van der Waals surface area contributed by atoms with Gasteiger partial charge in [0, 0.05) is 31.3 Å². The van der Waals surface area contributed by atoms with Gasteiger partial charge in [-0.3, -0.25) is 4.79 Å². The predicted octanol–water partition coefficient (Wildman–Crippen LogP) is 3.15. The van der Waals surface area contributed by atoms with E-state index in [0.717, 1.165) is 22.6 Å². The third-order valence-electron chi connectivity index (χ3n) is 4.21. The Bertz CT molecular complexity index is 925. The number of nitrogens with one attached hydrogen (secondary N) is 2. The maximum absolute atomic E-state index is 11.6. The summed E-state index contributed by atoms with van der Waals surface area (Å²) in [7, 11) is 1.58. The highest BCUT2D eigenvalue weighted by Gasteiger charge is 2.09. The normalized spacial score (nSPS) is 10.6. The Morgan fingerprint density at radius 2 is 1.90 bits per heavy atom. The number of carbonyl (C=O) groups excluding carboxylic acids is 1. The molecule has 0 unspecified atom stereocenters. The summed E-state index contributed by atoms with van der Waals surface area (Å²) < 4.78 is 16.3. The molecule has 152 valence electrons. The van der Waals surface area contributed by atoms with Crippen LogP contribution in [-0.2, 0) is 17.9 Å². The molecule has 1 amide bonds. The summed E-state index contributed by atoms with van der Waals surface area (Å²) in [6.07, 6.45) is 0. The number of hydrogen-bond acceptors (Lipinski definition) is 6. The molecule has 0 saturated carbocycles. The van der Waals surface area contributed by atoms with Crippen molar-refractivity contribution in [1.82, 2.24) is 15.8 Å². The van der Waals surface area contributed by atoms with Crippen LogP contribution in [0.15, 0.2) is 59.1 Å². The van der Waals surface area contributed by atoms with Crippen LogP contribution in [0.25, 0.3) is 11.3 Å². The van der Waals surface area contributed by atoms with Gasteiger partial charge in [0.25, 0.3) is 5.91 Å². The Kier molecular flexibility index (Phi) is 7.24. The van der Waals surface area contributed by atoms with Crippen LogP contribution < -0.4 is 20.1 Å². The number of rotatable bonds is 10. The largest absolute Gasteiger partial charge is 0.493 e. The van der Waals surface area contributed by atoms with Gasteiger partial charge in [-0.25, -0.2) is 0 Å². The minimum absolute atomic E-state index is 0.0439. The lowest BCUT2D eigenvalue weighted by atomic mass is 10.1. The number of hydrogen-bond donors (Lipinski definition) is 2. The van der Waals surface area contributed by atoms with Gasteiger partial charge in [-0.15, -0.1) is 0 Å². The molecule has 0 fully saturated rings. The van der Waals surface area contributed by atoms with Crippen molar-refractivity contribution in [3.63, 3.8) is 0 Å². The Balaban J connectivity index is 1.53. The number of amides is 1. The maximum Gasteiger partial charge on any atom is 0.257 e. The summed E-state index contributed by atoms with van der Waals surface area (Å²) >= 11 is 0. The predicted molar refractivity (Wildman–Crippen MR) is 110 cm³/mol. The van der Waals surface area contributed by atoms with Gasteiger partial charge in [-0.2, -0.15) is 0 Å². The van der Waals surface area contributed by atoms with Crippen LogP contribution in [0.4, 0.5) is 0 Å². The van der Waals surface area contributed by atoms with E-state index >= 15 is 0 Å². The molecule has 7 nitrogen and oxygen atoms in total. The SMILES string of the molecule is CCNC(=O)COc1ccc(CNCc2cc(-c3ccccc3)on2)cc1OC. The van der Waals surface area contributed by atoms with Gasteiger partial charge in [0.1, 0.15) is 0 Å². The third-order valence-corrected chi connectivity index (χ3v) is 4.21. The van der Waals surface area contributed by atoms with E-state index in [0.29, 0.717) is 31.1 Å². The summed E-state index contributed by atoms with van der Waals surface area (Å²) in [6, 6.07) is 17.4. The van der Waals surface area contributed by atoms with Crippen molar-refractivity contribution in [3.05, 3.63) is 65.9 Å². The number of likely N-dealkylation sites (N-methyl/N-ethyl adjacent to an activating group) is 1. The molecule has 0 radical (unpaired) electrons. The van der Waals surface area contributed by atoms with Crippen molar-refractivity contribution in [3.8, 4) is 22.8 Å². The lowest BCUT2D eigenvalue weighted by Crippen LogP contribution is -2.28. The molecular formula is C22H25N3O4. The van der Waals surface area contributed by atoms with Crippen molar-refractivity contribution in [1.29, 1.82) is 0 Å². The number of ether oxygens (including phenoxy) is 2. The first-order valence-electron chi connectivity index (χ1n) is 9.47. The molecule has 0 spiro atoms. The smallest absolute Gasteiger partial charge is 0.257 e. The number of methoxy groups -OCH3 is 1. The lowest BCUT2D eigenvalue weighted by Gasteiger charge is -2.12. The van der Waals surface area contributed by atoms with E-state index in [-0.39, 0.29) is 12.5 Å². The molecule has 2 aromatic carbocycles. The van der Waals surface area contributed by atoms with Crippen molar-refractivity contribution in [2.75, 3.05) is 20.3 Å². The fourth-order valence-electron chi connectivity index (χ4n) is 2.80. The van der Waals surface area contributed by atoms with Crippen LogP contribution in [0.5, 0.6) is 11.5 Å². The van der Waals surface area contributed by atoms with Gasteiger partial charge in [0.15, 0.2) is 23.9 Å². The van der Waals surface area contributed by atoms with Gasteiger partial charge >= 0.3 is 0 Å². The zero-order valence-corrected chi connectivity index (χ0v) is 16.6. The van der Waals surface area contributed by atoms with Crippen LogP contribution in [0.1, 0.15) is 18.2 Å². The molecule has 0 aliphatic rings. The van der Waals surface area contributed by atoms with Gasteiger partial charge in [-0.05, 0) is 24.6 Å². The van der Waals surface area contributed by atoms with E-state index in [4.69, 9.17) is 14.0 Å². The monoisotopic (exact) mass is 395 g/mol. The minimum atomic E-state index is -0.164. The molecule has 0 aliphatic carbocycles. The van der Waals surface area contributed by atoms with E-state index < -0.39 is 0 Å². The van der Waals surface area contributed by atoms with E-state index in [1.54, 1.807) is 13.2 Å². The Labute approximate surface area is 170 Å². The molecule has 0 atom stereocenters. The number of carbonyl (C=O) groups is 1. The maximum atomic E-state index is 11.6. The highest BCUT2D eigenvalue weighted by Crippen LogP contribution is 2.28. The molecule has 3 aromatic rings. The van der Waals surface area contributed by atoms with Crippen LogP contribution >= 0.6 is 0 Å². The Hall–Kier alpha value is -3.32. The van der Waals surface area contributed by atoms with Gasteiger partial charge in [0.2, 0.25) is 0 Å². The molecule has 1 aromatic heterocycles. The zero-order valence-electron chi connectivity index (χ0n) is 16.6. The minimum Gasteiger partial charge on any atom is -0.493 e. The molecule has 29 heavy (non-hydrogen) atoms. The van der Waals surface area contributed by atoms with E-state index in [9.17, 15) is 4.79 Å². The Morgan fingerprint density at radius 1 is 1.07 bits per heavy atom. The summed E-state index contributed by atoms with van der Waals surface area (Å²) in [5.74, 6) is 1.70. The molecule has 7 heteroatoms. The standard InChI is InChI=1S/C22H25N3O4/c1-3-24-22(26)15-28-19-10-9-16(11-21(19)27-2)13-23-14-18-12-20(29-25-18)17-7-5-4-6-8-17/h4-12,23H,3,13-15H2,1-2H3,(H,24,26). The second-order valence-electron chi connectivity index (χ2n) is 6.38. The Morgan fingerprint density at radius 3 is 2.66 bits per heavy atom. The zero-order chi connectivity index (χ0) is 20.5. The van der Waals surface area contributed by atoms with Gasteiger partial charge in [0.05, 0.1) is 12.8 Å². The van der Waals surface area contributed by atoms with Crippen LogP contribution in [0.2, 0.25) is 0 Å². The first kappa shape index (κ1) is 20.4. The van der Waals surface area contributed by atoms with Crippen molar-refractivity contribution >= 4 is 5.91 Å². The lowest BCUT2D eigenvalue weighted by molar-refractivity contribution is -0.123. The molecule has 0 saturated heterocycles. The van der Waals surface area contributed by atoms with E-state index in [1.807, 2.05) is 55.5 Å². The van der Waals surface area contributed by atoms with Crippen molar-refractivity contribution in [2.45, 2.75) is 20.0 Å². The number of aromatic nitrogens is 1. The average Bonchev–Trinajstić information content (AvgIpc) is 3.22. The fraction of sp³-hybridized carbons (Fsp3) is 0.273. The van der Waals surface area contributed by atoms with Crippen molar-refractivity contribution in [2.24, 2.45) is 0 Å². The quantitative estimate of drug-likeness (QED) is 0.549. The summed E-state index contributed by atoms with van der Waals surface area (Å²) in [6.45, 7) is 3.59. The average molecular weight is 395 g/mol. The van der Waals surface area contributed by atoms with E-state index in [2.05, 4.69) is 15.8 Å². The second kappa shape index (κ2) is 10.3. The number of benzene rings is 2. The summed E-state index contributed by atoms with van der Waals surface area (Å²) in [4.78, 5) is 11.6. The van der Waals surface area contributed by atoms with Crippen LogP contribution in [0, 0.1) is 0 Å². The molecule has 2 N–H and O–H groups in total. The topological polar surface area (TPSA) is 85.6 Å². The van der Waals surface area contributed by atoms with Gasteiger partial charge in [-0.1, -0.05) is 41.6 Å². The molecule has 0 bridgehead atoms. The third kappa shape index (κ3) is 5.83. The highest BCUT2D eigenvalue weighted by molar-refractivity contribution is 5.77. The van der Waals surface area contributed by atoms with E-state index in [1.165, 1.54) is 0 Å². The molecule has 3 rings (SSSR count). The molecule has 0 aliphatic heterocycles. The fourth-order valence-corrected chi connectivity index (χ4v) is 2.80. The molecule has 1 heterocycles. The first-order chi connectivity index (χ1) is 14.2. The van der Waals surface area contributed by atoms with Crippen molar-refractivity contribution < 1.29 is 18.8 Å². The highest BCUT2D eigenvalue weighted by atomic mass is 16.5.